The lowest BCUT2D eigenvalue weighted by Gasteiger charge is -2.38. The maximum absolute atomic E-state index is 14.3. The molecule has 46 heavy (non-hydrogen) atoms. The molecule has 0 fully saturated rings. The van der Waals surface area contributed by atoms with Gasteiger partial charge in [-0.2, -0.15) is 4.31 Å². The van der Waals surface area contributed by atoms with E-state index in [0.717, 1.165) is 28.7 Å². The van der Waals surface area contributed by atoms with Crippen LogP contribution in [-0.4, -0.2) is 93.3 Å². The molecule has 13 heteroatoms. The molecule has 2 aromatic carbocycles. The van der Waals surface area contributed by atoms with E-state index < -0.39 is 59.0 Å². The van der Waals surface area contributed by atoms with Crippen LogP contribution >= 0.6 is 11.6 Å². The molecule has 0 spiro atoms. The summed E-state index contributed by atoms with van der Waals surface area (Å²) in [4.78, 5) is 16.9. The monoisotopic (exact) mass is 677 g/mol. The third-order valence-electron chi connectivity index (χ3n) is 8.17. The van der Waals surface area contributed by atoms with Gasteiger partial charge in [-0.05, 0) is 85.7 Å². The standard InChI is InChI=1S/C33H44ClN3O8S/c1-5-22-18-35-15-14-25(22)23-9-6-10-24(17-23)33(3,4)37(46(44,45)29-12-7-11-26(34)21(29)2)16-8-13-30(41)36-19-27(39)31(42)32(43)28(40)20-38/h6-7,9-12,14-15,17-18,27-28,31-32,38-40,42-43H,5,8,13,16,19-20H2,1-4H3,(H,36,41)/t27-,28+,31+,32+/m1/s1. The van der Waals surface area contributed by atoms with Crippen LogP contribution in [0.2, 0.25) is 5.02 Å². The van der Waals surface area contributed by atoms with Crippen molar-refractivity contribution in [2.24, 2.45) is 0 Å². The van der Waals surface area contributed by atoms with Crippen LogP contribution in [0.15, 0.2) is 65.8 Å². The second kappa shape index (κ2) is 16.2. The van der Waals surface area contributed by atoms with E-state index in [2.05, 4.69) is 10.3 Å². The molecule has 4 atom stereocenters. The Bertz CT molecular complexity index is 1590. The van der Waals surface area contributed by atoms with Crippen LogP contribution in [-0.2, 0) is 26.8 Å². The van der Waals surface area contributed by atoms with Crippen molar-refractivity contribution in [3.05, 3.63) is 82.6 Å². The van der Waals surface area contributed by atoms with Crippen molar-refractivity contribution in [3.8, 4) is 11.1 Å². The first-order chi connectivity index (χ1) is 21.7. The Balaban J connectivity index is 1.88. The minimum atomic E-state index is -4.14. The van der Waals surface area contributed by atoms with Gasteiger partial charge in [-0.15, -0.1) is 0 Å². The number of halogens is 1. The largest absolute Gasteiger partial charge is 0.394 e. The van der Waals surface area contributed by atoms with E-state index in [1.54, 1.807) is 39.1 Å². The summed E-state index contributed by atoms with van der Waals surface area (Å²) in [6, 6.07) is 14.3. The van der Waals surface area contributed by atoms with Crippen LogP contribution in [0.25, 0.3) is 11.1 Å². The quantitative estimate of drug-likeness (QED) is 0.133. The van der Waals surface area contributed by atoms with Crippen molar-refractivity contribution < 1.29 is 38.7 Å². The number of carbonyl (C=O) groups excluding carboxylic acids is 1. The predicted octanol–water partition coefficient (Wildman–Crippen LogP) is 2.53. The zero-order valence-corrected chi connectivity index (χ0v) is 28.0. The van der Waals surface area contributed by atoms with Gasteiger partial charge >= 0.3 is 0 Å². The molecule has 0 unspecified atom stereocenters. The van der Waals surface area contributed by atoms with Crippen molar-refractivity contribution in [3.63, 3.8) is 0 Å². The molecule has 252 valence electrons. The van der Waals surface area contributed by atoms with Gasteiger partial charge in [0.25, 0.3) is 0 Å². The summed E-state index contributed by atoms with van der Waals surface area (Å²) in [6.07, 6.45) is -2.62. The van der Waals surface area contributed by atoms with Crippen LogP contribution in [0, 0.1) is 6.92 Å². The van der Waals surface area contributed by atoms with Crippen molar-refractivity contribution in [2.45, 2.75) is 81.8 Å². The van der Waals surface area contributed by atoms with Gasteiger partial charge in [0.2, 0.25) is 15.9 Å². The summed E-state index contributed by atoms with van der Waals surface area (Å²) in [5.74, 6) is -0.524. The Labute approximate surface area is 275 Å². The molecule has 1 amide bonds. The number of benzene rings is 2. The minimum Gasteiger partial charge on any atom is -0.394 e. The molecule has 6 N–H and O–H groups in total. The number of aryl methyl sites for hydroxylation is 1. The van der Waals surface area contributed by atoms with Gasteiger partial charge in [-0.3, -0.25) is 9.78 Å². The van der Waals surface area contributed by atoms with Crippen LogP contribution < -0.4 is 5.32 Å². The van der Waals surface area contributed by atoms with E-state index in [4.69, 9.17) is 16.7 Å². The zero-order valence-electron chi connectivity index (χ0n) is 26.5. The Morgan fingerprint density at radius 3 is 2.39 bits per heavy atom. The molecule has 1 aromatic heterocycles. The van der Waals surface area contributed by atoms with Crippen LogP contribution in [0.1, 0.15) is 50.3 Å². The fraction of sp³-hybridized carbons (Fsp3) is 0.455. The highest BCUT2D eigenvalue weighted by atomic mass is 35.5. The summed E-state index contributed by atoms with van der Waals surface area (Å²) in [5, 5.41) is 51.1. The van der Waals surface area contributed by atoms with E-state index in [1.165, 1.54) is 10.4 Å². The van der Waals surface area contributed by atoms with Crippen molar-refractivity contribution >= 4 is 27.5 Å². The Kier molecular flexibility index (Phi) is 13.3. The van der Waals surface area contributed by atoms with Gasteiger partial charge in [0.15, 0.2) is 0 Å². The minimum absolute atomic E-state index is 0.0407. The number of nitrogens with one attached hydrogen (secondary N) is 1. The highest BCUT2D eigenvalue weighted by molar-refractivity contribution is 7.89. The number of aliphatic hydroxyl groups excluding tert-OH is 5. The topological polar surface area (TPSA) is 181 Å². The predicted molar refractivity (Wildman–Crippen MR) is 176 cm³/mol. The average molecular weight is 678 g/mol. The lowest BCUT2D eigenvalue weighted by molar-refractivity contribution is -0.126. The molecule has 3 rings (SSSR count). The fourth-order valence-corrected chi connectivity index (χ4v) is 7.55. The second-order valence-corrected chi connectivity index (χ2v) is 13.9. The number of nitrogens with zero attached hydrogens (tertiary/aromatic N) is 2. The third-order valence-corrected chi connectivity index (χ3v) is 10.8. The number of sulfonamides is 1. The SMILES string of the molecule is CCc1cnccc1-c1cccc(C(C)(C)N(CCCC(=O)NC[C@@H](O)[C@H](O)[C@@H](O)[C@@H](O)CO)S(=O)(=O)c2cccc(Cl)c2C)c1. The van der Waals surface area contributed by atoms with E-state index in [0.29, 0.717) is 10.6 Å². The summed E-state index contributed by atoms with van der Waals surface area (Å²) < 4.78 is 30.0. The number of aliphatic hydroxyl groups is 5. The molecule has 0 aliphatic rings. The average Bonchev–Trinajstić information content (AvgIpc) is 3.05. The van der Waals surface area contributed by atoms with E-state index >= 15 is 0 Å². The summed E-state index contributed by atoms with van der Waals surface area (Å²) in [6.45, 7) is 5.99. The van der Waals surface area contributed by atoms with Crippen molar-refractivity contribution in [2.75, 3.05) is 19.7 Å². The van der Waals surface area contributed by atoms with Crippen molar-refractivity contribution in [1.29, 1.82) is 0 Å². The molecular formula is C33H44ClN3O8S. The molecular weight excluding hydrogens is 634 g/mol. The van der Waals surface area contributed by atoms with Gasteiger partial charge in [-0.1, -0.05) is 42.8 Å². The zero-order chi connectivity index (χ0) is 34.2. The van der Waals surface area contributed by atoms with Crippen LogP contribution in [0.5, 0.6) is 0 Å². The Morgan fingerprint density at radius 1 is 1.04 bits per heavy atom. The number of hydrogen-bond donors (Lipinski definition) is 6. The van der Waals surface area contributed by atoms with Gasteiger partial charge in [0, 0.05) is 36.9 Å². The summed E-state index contributed by atoms with van der Waals surface area (Å²) in [5.41, 5.74) is 3.03. The normalized spacial score (nSPS) is 14.9. The molecule has 1 heterocycles. The van der Waals surface area contributed by atoms with E-state index in [-0.39, 0.29) is 24.3 Å². The van der Waals surface area contributed by atoms with Crippen molar-refractivity contribution in [1.82, 2.24) is 14.6 Å². The lowest BCUT2D eigenvalue weighted by Crippen LogP contribution is -2.49. The Morgan fingerprint density at radius 2 is 1.72 bits per heavy atom. The molecule has 0 bridgehead atoms. The smallest absolute Gasteiger partial charge is 0.244 e. The fourth-order valence-electron chi connectivity index (χ4n) is 5.26. The highest BCUT2D eigenvalue weighted by Gasteiger charge is 2.39. The second-order valence-electron chi connectivity index (χ2n) is 11.7. The first-order valence-electron chi connectivity index (χ1n) is 15.1. The molecule has 0 saturated heterocycles. The number of amides is 1. The maximum Gasteiger partial charge on any atom is 0.244 e. The highest BCUT2D eigenvalue weighted by Crippen LogP contribution is 2.37. The number of carbonyl (C=O) groups is 1. The first kappa shape index (κ1) is 37.5. The summed E-state index contributed by atoms with van der Waals surface area (Å²) in [7, 11) is -4.14. The maximum atomic E-state index is 14.3. The van der Waals surface area contributed by atoms with Gasteiger partial charge in [0.05, 0.1) is 23.1 Å². The van der Waals surface area contributed by atoms with E-state index in [9.17, 15) is 33.6 Å². The van der Waals surface area contributed by atoms with Crippen LogP contribution in [0.4, 0.5) is 0 Å². The van der Waals surface area contributed by atoms with Crippen LogP contribution in [0.3, 0.4) is 0 Å². The molecule has 0 radical (unpaired) electrons. The molecule has 0 saturated carbocycles. The lowest BCUT2D eigenvalue weighted by atomic mass is 9.90. The first-order valence-corrected chi connectivity index (χ1v) is 16.9. The van der Waals surface area contributed by atoms with E-state index in [1.807, 2.05) is 43.5 Å². The van der Waals surface area contributed by atoms with Gasteiger partial charge in [0.1, 0.15) is 18.3 Å². The third kappa shape index (κ3) is 8.69. The molecule has 3 aromatic rings. The Hall–Kier alpha value is -2.94. The van der Waals surface area contributed by atoms with Gasteiger partial charge < -0.3 is 30.8 Å². The summed E-state index contributed by atoms with van der Waals surface area (Å²) >= 11 is 6.33. The number of rotatable bonds is 16. The van der Waals surface area contributed by atoms with Gasteiger partial charge in [-0.25, -0.2) is 8.42 Å². The molecule has 11 nitrogen and oxygen atoms in total. The number of pyridine rings is 1. The number of aromatic nitrogens is 1. The number of hydrogen-bond acceptors (Lipinski definition) is 9. The molecule has 0 aliphatic heterocycles. The molecule has 0 aliphatic carbocycles.